The van der Waals surface area contributed by atoms with Crippen molar-refractivity contribution >= 4 is 17.9 Å². The quantitative estimate of drug-likeness (QED) is 0.724. The van der Waals surface area contributed by atoms with E-state index in [1.807, 2.05) is 0 Å². The molecule has 0 fully saturated rings. The average Bonchev–Trinajstić information content (AvgIpc) is 2.10. The highest BCUT2D eigenvalue weighted by Gasteiger charge is 2.44. The molecule has 0 saturated heterocycles. The van der Waals surface area contributed by atoms with E-state index in [1.165, 1.54) is 6.92 Å². The van der Waals surface area contributed by atoms with Crippen molar-refractivity contribution in [2.75, 3.05) is 6.54 Å². The Morgan fingerprint density at radius 3 is 2.13 bits per heavy atom. The van der Waals surface area contributed by atoms with Crippen LogP contribution in [0.3, 0.4) is 0 Å². The lowest BCUT2D eigenvalue weighted by Gasteiger charge is -2.26. The van der Waals surface area contributed by atoms with Gasteiger partial charge in [-0.1, -0.05) is 0 Å². The monoisotopic (exact) mass is 224 g/mol. The maximum Gasteiger partial charge on any atom is 0.471 e. The highest BCUT2D eigenvalue weighted by atomic mass is 19.4. The van der Waals surface area contributed by atoms with Gasteiger partial charge in [0.1, 0.15) is 6.04 Å². The molecule has 0 aliphatic carbocycles. The zero-order valence-corrected chi connectivity index (χ0v) is 8.26. The Kier molecular flexibility index (Phi) is 4.44. The first-order chi connectivity index (χ1) is 6.75. The van der Waals surface area contributed by atoms with Crippen LogP contribution in [0.15, 0.2) is 0 Å². The Morgan fingerprint density at radius 2 is 1.93 bits per heavy atom. The maximum atomic E-state index is 12.1. The molecule has 0 spiro atoms. The van der Waals surface area contributed by atoms with Gasteiger partial charge in [0, 0.05) is 12.8 Å². The molecule has 0 rings (SSSR count). The highest BCUT2D eigenvalue weighted by Crippen LogP contribution is 2.19. The molecule has 0 aromatic heterocycles. The van der Waals surface area contributed by atoms with Crippen molar-refractivity contribution in [2.45, 2.75) is 26.1 Å². The Hall–Kier alpha value is -1.40. The first-order valence-electron chi connectivity index (χ1n) is 4.14. The molecule has 0 aromatic rings. The van der Waals surface area contributed by atoms with E-state index in [1.54, 1.807) is 0 Å². The van der Waals surface area contributed by atoms with Crippen molar-refractivity contribution in [1.82, 2.24) is 4.90 Å². The first kappa shape index (κ1) is 13.6. The summed E-state index contributed by atoms with van der Waals surface area (Å²) in [7, 11) is 0. The van der Waals surface area contributed by atoms with Gasteiger partial charge in [0.25, 0.3) is 0 Å². The largest absolute Gasteiger partial charge is 0.471 e. The van der Waals surface area contributed by atoms with E-state index in [9.17, 15) is 22.8 Å². The molecule has 7 heteroatoms. The highest BCUT2D eigenvalue weighted by molar-refractivity contribution is 6.00. The molecule has 4 nitrogen and oxygen atoms in total. The minimum absolute atomic E-state index is 0.280. The molecule has 86 valence electrons. The summed E-state index contributed by atoms with van der Waals surface area (Å²) in [6, 6.07) is -1.44. The Bertz CT molecular complexity index is 276. The van der Waals surface area contributed by atoms with Crippen LogP contribution in [0.1, 0.15) is 13.8 Å². The number of likely N-dealkylation sites (N-methyl/N-ethyl adjacent to an activating group) is 1. The van der Waals surface area contributed by atoms with Crippen molar-refractivity contribution in [3.8, 4) is 0 Å². The summed E-state index contributed by atoms with van der Waals surface area (Å²) in [6.45, 7) is 2.06. The normalized spacial score (nSPS) is 13.1. The molecule has 1 amide bonds. The van der Waals surface area contributed by atoms with Crippen molar-refractivity contribution in [3.63, 3.8) is 0 Å². The molecule has 0 aromatic carbocycles. The predicted octanol–water partition coefficient (Wildman–Crippen LogP) is 1.00. The van der Waals surface area contributed by atoms with Crippen LogP contribution in [0.4, 0.5) is 13.2 Å². The summed E-state index contributed by atoms with van der Waals surface area (Å²) in [5, 5.41) is 6.81. The van der Waals surface area contributed by atoms with Crippen molar-refractivity contribution in [1.29, 1.82) is 5.41 Å². The lowest BCUT2D eigenvalue weighted by molar-refractivity contribution is -0.186. The molecule has 1 atom stereocenters. The van der Waals surface area contributed by atoms with Crippen LogP contribution in [0, 0.1) is 5.41 Å². The van der Waals surface area contributed by atoms with E-state index >= 15 is 0 Å². The van der Waals surface area contributed by atoms with Crippen LogP contribution in [-0.4, -0.2) is 41.6 Å². The second-order valence-electron chi connectivity index (χ2n) is 2.81. The Morgan fingerprint density at radius 1 is 1.47 bits per heavy atom. The van der Waals surface area contributed by atoms with E-state index in [4.69, 9.17) is 5.41 Å². The van der Waals surface area contributed by atoms with Gasteiger partial charge in [-0.2, -0.15) is 13.2 Å². The molecule has 0 aliphatic rings. The van der Waals surface area contributed by atoms with Crippen LogP contribution < -0.4 is 0 Å². The number of hydrogen-bond donors (Lipinski definition) is 1. The second-order valence-corrected chi connectivity index (χ2v) is 2.81. The molecule has 1 unspecified atom stereocenters. The number of halogens is 3. The van der Waals surface area contributed by atoms with Crippen LogP contribution in [-0.2, 0) is 9.59 Å². The van der Waals surface area contributed by atoms with Gasteiger partial charge in [-0.05, 0) is 13.8 Å². The van der Waals surface area contributed by atoms with Gasteiger partial charge in [0.05, 0.1) is 0 Å². The fourth-order valence-electron chi connectivity index (χ4n) is 1.06. The van der Waals surface area contributed by atoms with Crippen LogP contribution >= 0.6 is 0 Å². The number of carbonyl (C=O) groups excluding carboxylic acids is 2. The zero-order valence-electron chi connectivity index (χ0n) is 8.26. The lowest BCUT2D eigenvalue weighted by atomic mass is 10.2. The Balaban J connectivity index is 4.98. The van der Waals surface area contributed by atoms with Crippen LogP contribution in [0.2, 0.25) is 0 Å². The van der Waals surface area contributed by atoms with E-state index in [2.05, 4.69) is 0 Å². The topological polar surface area (TPSA) is 61.2 Å². The maximum absolute atomic E-state index is 12.1. The van der Waals surface area contributed by atoms with E-state index in [-0.39, 0.29) is 6.54 Å². The minimum Gasteiger partial charge on any atom is -0.320 e. The van der Waals surface area contributed by atoms with Gasteiger partial charge in [0.2, 0.25) is 0 Å². The molecular weight excluding hydrogens is 213 g/mol. The van der Waals surface area contributed by atoms with Gasteiger partial charge in [-0.25, -0.2) is 0 Å². The summed E-state index contributed by atoms with van der Waals surface area (Å²) >= 11 is 0. The number of carbonyl (C=O) groups is 2. The number of rotatable bonds is 4. The molecule has 0 aliphatic heterocycles. The summed E-state index contributed by atoms with van der Waals surface area (Å²) in [6.07, 6.45) is -4.50. The van der Waals surface area contributed by atoms with Crippen molar-refractivity contribution < 1.29 is 22.8 Å². The van der Waals surface area contributed by atoms with Gasteiger partial charge in [-0.15, -0.1) is 0 Å². The molecule has 0 saturated carbocycles. The molecule has 0 bridgehead atoms. The fourth-order valence-corrected chi connectivity index (χ4v) is 1.06. The number of ketones is 1. The standard InChI is InChI=1S/C8H11F3N2O2/c1-3-13(6(4-12)5(2)14)7(15)8(9,10)11/h4,6,12H,3H2,1-2H3. The van der Waals surface area contributed by atoms with E-state index in [0.717, 1.165) is 6.92 Å². The molecular formula is C8H11F3N2O2. The smallest absolute Gasteiger partial charge is 0.320 e. The van der Waals surface area contributed by atoms with Gasteiger partial charge < -0.3 is 10.3 Å². The zero-order chi connectivity index (χ0) is 12.2. The molecule has 15 heavy (non-hydrogen) atoms. The Labute approximate surface area is 84.6 Å². The summed E-state index contributed by atoms with van der Waals surface area (Å²) < 4.78 is 36.2. The first-order valence-corrected chi connectivity index (χ1v) is 4.14. The van der Waals surface area contributed by atoms with Gasteiger partial charge >= 0.3 is 12.1 Å². The van der Waals surface area contributed by atoms with Crippen molar-refractivity contribution in [2.24, 2.45) is 0 Å². The number of Topliss-reactive ketones (excluding diaryl/α,β-unsaturated/α-hetero) is 1. The molecule has 0 radical (unpaired) electrons. The summed E-state index contributed by atoms with van der Waals surface area (Å²) in [5.41, 5.74) is 0. The fraction of sp³-hybridized carbons (Fsp3) is 0.625. The van der Waals surface area contributed by atoms with Gasteiger partial charge in [0.15, 0.2) is 5.78 Å². The number of nitrogens with zero attached hydrogens (tertiary/aromatic N) is 1. The third kappa shape index (κ3) is 3.34. The number of alkyl halides is 3. The van der Waals surface area contributed by atoms with Crippen LogP contribution in [0.25, 0.3) is 0 Å². The van der Waals surface area contributed by atoms with E-state index < -0.39 is 23.9 Å². The third-order valence-corrected chi connectivity index (χ3v) is 1.75. The average molecular weight is 224 g/mol. The number of nitrogens with one attached hydrogen (secondary N) is 1. The summed E-state index contributed by atoms with van der Waals surface area (Å²) in [4.78, 5) is 22.1. The lowest BCUT2D eigenvalue weighted by Crippen LogP contribution is -2.50. The van der Waals surface area contributed by atoms with Crippen LogP contribution in [0.5, 0.6) is 0 Å². The predicted molar refractivity (Wildman–Crippen MR) is 46.7 cm³/mol. The van der Waals surface area contributed by atoms with Crippen molar-refractivity contribution in [3.05, 3.63) is 0 Å². The molecule has 0 heterocycles. The number of hydrogen-bond acceptors (Lipinski definition) is 3. The SMILES string of the molecule is CCN(C(=O)C(F)(F)F)C(C=N)C(C)=O. The number of amides is 1. The van der Waals surface area contributed by atoms with Gasteiger partial charge in [-0.3, -0.25) is 9.59 Å². The second kappa shape index (κ2) is 4.90. The van der Waals surface area contributed by atoms with E-state index in [0.29, 0.717) is 11.1 Å². The third-order valence-electron chi connectivity index (χ3n) is 1.75. The summed E-state index contributed by atoms with van der Waals surface area (Å²) in [5.74, 6) is -2.78. The minimum atomic E-state index is -5.02. The molecule has 1 N–H and O–H groups in total.